The minimum Gasteiger partial charge on any atom is -0.508 e. The van der Waals surface area contributed by atoms with E-state index in [1.807, 2.05) is 12.1 Å². The lowest BCUT2D eigenvalue weighted by Gasteiger charge is -2.26. The Balaban J connectivity index is 1.97. The molecule has 17 heavy (non-hydrogen) atoms. The highest BCUT2D eigenvalue weighted by Crippen LogP contribution is 2.31. The number of phenolic OH excluding ortho intramolecular Hbond substituents is 1. The molecule has 2 nitrogen and oxygen atoms in total. The Hall–Kier alpha value is -1.02. The normalized spacial score (nSPS) is 19.0. The first-order valence-electron chi connectivity index (χ1n) is 6.86. The van der Waals surface area contributed by atoms with E-state index in [9.17, 15) is 5.11 Å². The number of hydrogen-bond donors (Lipinski definition) is 2. The van der Waals surface area contributed by atoms with Gasteiger partial charge in [0.1, 0.15) is 5.75 Å². The molecule has 2 N–H and O–H groups in total. The van der Waals surface area contributed by atoms with Crippen LogP contribution < -0.4 is 5.32 Å². The summed E-state index contributed by atoms with van der Waals surface area (Å²) in [6.45, 7) is 3.34. The molecule has 2 heteroatoms. The van der Waals surface area contributed by atoms with Crippen molar-refractivity contribution in [1.29, 1.82) is 0 Å². The third kappa shape index (κ3) is 3.22. The van der Waals surface area contributed by atoms with Crippen LogP contribution in [-0.4, -0.2) is 11.7 Å². The number of benzene rings is 1. The Morgan fingerprint density at radius 3 is 3.06 bits per heavy atom. The van der Waals surface area contributed by atoms with Crippen molar-refractivity contribution in [3.05, 3.63) is 29.3 Å². The second-order valence-electron chi connectivity index (χ2n) is 4.99. The predicted octanol–water partition coefficient (Wildman–Crippen LogP) is 3.55. The lowest BCUT2D eigenvalue weighted by Crippen LogP contribution is -2.26. The van der Waals surface area contributed by atoms with Gasteiger partial charge in [-0.2, -0.15) is 0 Å². The molecule has 0 radical (unpaired) electrons. The van der Waals surface area contributed by atoms with Crippen molar-refractivity contribution in [3.63, 3.8) is 0 Å². The van der Waals surface area contributed by atoms with Crippen LogP contribution in [0.25, 0.3) is 0 Å². The van der Waals surface area contributed by atoms with Gasteiger partial charge in [0.2, 0.25) is 0 Å². The summed E-state index contributed by atoms with van der Waals surface area (Å²) in [6, 6.07) is 6.32. The highest BCUT2D eigenvalue weighted by Gasteiger charge is 2.19. The van der Waals surface area contributed by atoms with Gasteiger partial charge in [-0.25, -0.2) is 0 Å². The molecule has 0 amide bonds. The number of phenols is 1. The zero-order valence-electron chi connectivity index (χ0n) is 10.7. The van der Waals surface area contributed by atoms with Crippen molar-refractivity contribution in [2.75, 3.05) is 6.54 Å². The van der Waals surface area contributed by atoms with E-state index in [4.69, 9.17) is 0 Å². The smallest absolute Gasteiger partial charge is 0.115 e. The zero-order valence-corrected chi connectivity index (χ0v) is 10.7. The largest absolute Gasteiger partial charge is 0.508 e. The molecule has 1 aliphatic rings. The predicted molar refractivity (Wildman–Crippen MR) is 71.3 cm³/mol. The second-order valence-corrected chi connectivity index (χ2v) is 4.99. The van der Waals surface area contributed by atoms with Crippen LogP contribution in [0.5, 0.6) is 5.75 Å². The molecule has 0 bridgehead atoms. The molecule has 0 heterocycles. The summed E-state index contributed by atoms with van der Waals surface area (Å²) in [5.41, 5.74) is 2.72. The van der Waals surface area contributed by atoms with Crippen LogP contribution in [0.1, 0.15) is 56.2 Å². The highest BCUT2D eigenvalue weighted by molar-refractivity contribution is 5.38. The quantitative estimate of drug-likeness (QED) is 0.762. The van der Waals surface area contributed by atoms with Gasteiger partial charge in [-0.1, -0.05) is 25.8 Å². The molecule has 0 spiro atoms. The van der Waals surface area contributed by atoms with Crippen molar-refractivity contribution in [2.45, 2.75) is 51.5 Å². The van der Waals surface area contributed by atoms with Crippen molar-refractivity contribution < 1.29 is 5.11 Å². The number of aryl methyl sites for hydroxylation is 1. The number of nitrogens with one attached hydrogen (secondary N) is 1. The minimum absolute atomic E-state index is 0.399. The molecule has 2 rings (SSSR count). The molecular weight excluding hydrogens is 210 g/mol. The summed E-state index contributed by atoms with van der Waals surface area (Å²) in [6.07, 6.45) is 7.40. The van der Waals surface area contributed by atoms with E-state index in [0.717, 1.165) is 13.0 Å². The standard InChI is InChI=1S/C15H23NO/c1-2-3-4-10-16-15-7-5-6-12-11-13(17)8-9-14(12)15/h8-9,11,15-17H,2-7,10H2,1H3. The van der Waals surface area contributed by atoms with Crippen LogP contribution >= 0.6 is 0 Å². The maximum absolute atomic E-state index is 9.50. The maximum Gasteiger partial charge on any atom is 0.115 e. The summed E-state index contributed by atoms with van der Waals surface area (Å²) in [5, 5.41) is 13.2. The molecule has 94 valence electrons. The number of unbranched alkanes of at least 4 members (excludes halogenated alkanes) is 2. The van der Waals surface area contributed by atoms with Gasteiger partial charge in [0.15, 0.2) is 0 Å². The monoisotopic (exact) mass is 233 g/mol. The topological polar surface area (TPSA) is 32.3 Å². The number of aromatic hydroxyl groups is 1. The van der Waals surface area contributed by atoms with Crippen LogP contribution in [0.3, 0.4) is 0 Å². The van der Waals surface area contributed by atoms with Crippen molar-refractivity contribution in [2.24, 2.45) is 0 Å². The van der Waals surface area contributed by atoms with Crippen LogP contribution in [0.15, 0.2) is 18.2 Å². The van der Waals surface area contributed by atoms with Crippen LogP contribution in [0.2, 0.25) is 0 Å². The average Bonchev–Trinajstić information content (AvgIpc) is 2.34. The third-order valence-corrected chi connectivity index (χ3v) is 3.61. The molecule has 1 aromatic carbocycles. The third-order valence-electron chi connectivity index (χ3n) is 3.61. The van der Waals surface area contributed by atoms with E-state index in [1.165, 1.54) is 43.2 Å². The fourth-order valence-electron chi connectivity index (χ4n) is 2.66. The molecule has 0 aliphatic heterocycles. The van der Waals surface area contributed by atoms with Crippen LogP contribution in [0, 0.1) is 0 Å². The number of rotatable bonds is 5. The summed E-state index contributed by atoms with van der Waals surface area (Å²) in [7, 11) is 0. The minimum atomic E-state index is 0.399. The van der Waals surface area contributed by atoms with Gasteiger partial charge in [0.05, 0.1) is 0 Å². The molecule has 1 aliphatic carbocycles. The SMILES string of the molecule is CCCCCNC1CCCc2cc(O)ccc21. The molecule has 1 unspecified atom stereocenters. The lowest BCUT2D eigenvalue weighted by molar-refractivity contribution is 0.444. The summed E-state index contributed by atoms with van der Waals surface area (Å²) >= 11 is 0. The zero-order chi connectivity index (χ0) is 12.1. The molecule has 1 atom stereocenters. The maximum atomic E-state index is 9.50. The highest BCUT2D eigenvalue weighted by atomic mass is 16.3. The van der Waals surface area contributed by atoms with Gasteiger partial charge in [-0.05, 0) is 55.5 Å². The first-order chi connectivity index (χ1) is 8.31. The van der Waals surface area contributed by atoms with Gasteiger partial charge in [-0.15, -0.1) is 0 Å². The summed E-state index contributed by atoms with van der Waals surface area (Å²) in [5.74, 6) is 0.399. The Kier molecular flexibility index (Phi) is 4.43. The fourth-order valence-corrected chi connectivity index (χ4v) is 2.66. The molecule has 0 saturated heterocycles. The van der Waals surface area contributed by atoms with Crippen LogP contribution in [0.4, 0.5) is 0 Å². The van der Waals surface area contributed by atoms with Gasteiger partial charge < -0.3 is 10.4 Å². The first kappa shape index (κ1) is 12.4. The Morgan fingerprint density at radius 1 is 1.35 bits per heavy atom. The van der Waals surface area contributed by atoms with Crippen molar-refractivity contribution in [3.8, 4) is 5.75 Å². The number of hydrogen-bond acceptors (Lipinski definition) is 2. The van der Waals surface area contributed by atoms with Crippen molar-refractivity contribution >= 4 is 0 Å². The molecule has 0 saturated carbocycles. The fraction of sp³-hybridized carbons (Fsp3) is 0.600. The Bertz CT molecular complexity index is 362. The molecule has 0 fully saturated rings. The van der Waals surface area contributed by atoms with Crippen molar-refractivity contribution in [1.82, 2.24) is 5.32 Å². The number of fused-ring (bicyclic) bond motifs is 1. The summed E-state index contributed by atoms with van der Waals surface area (Å²) < 4.78 is 0. The summed E-state index contributed by atoms with van der Waals surface area (Å²) in [4.78, 5) is 0. The van der Waals surface area contributed by atoms with Crippen LogP contribution in [-0.2, 0) is 6.42 Å². The van der Waals surface area contributed by atoms with E-state index in [2.05, 4.69) is 18.3 Å². The Labute approximate surface area is 104 Å². The van der Waals surface area contributed by atoms with E-state index in [-0.39, 0.29) is 0 Å². The molecule has 1 aromatic rings. The van der Waals surface area contributed by atoms with Gasteiger partial charge >= 0.3 is 0 Å². The lowest BCUT2D eigenvalue weighted by atomic mass is 9.87. The second kappa shape index (κ2) is 6.06. The molecule has 0 aromatic heterocycles. The first-order valence-corrected chi connectivity index (χ1v) is 6.86. The van der Waals surface area contributed by atoms with Gasteiger partial charge in [0, 0.05) is 6.04 Å². The van der Waals surface area contributed by atoms with Gasteiger partial charge in [-0.3, -0.25) is 0 Å². The Morgan fingerprint density at radius 2 is 2.24 bits per heavy atom. The van der Waals surface area contributed by atoms with Gasteiger partial charge in [0.25, 0.3) is 0 Å². The van der Waals surface area contributed by atoms with E-state index >= 15 is 0 Å². The van der Waals surface area contributed by atoms with E-state index in [0.29, 0.717) is 11.8 Å². The van der Waals surface area contributed by atoms with E-state index < -0.39 is 0 Å². The average molecular weight is 233 g/mol. The molecular formula is C15H23NO. The van der Waals surface area contributed by atoms with E-state index in [1.54, 1.807) is 0 Å².